The highest BCUT2D eigenvalue weighted by molar-refractivity contribution is 5.68. The third-order valence-electron chi connectivity index (χ3n) is 10.1. The van der Waals surface area contributed by atoms with Crippen molar-refractivity contribution < 1.29 is 30.0 Å². The number of amides is 1. The predicted octanol–water partition coefficient (Wildman–Crippen LogP) is 1.82. The van der Waals surface area contributed by atoms with E-state index in [1.807, 2.05) is 30.3 Å². The minimum absolute atomic E-state index is 0.118. The first-order valence-corrected chi connectivity index (χ1v) is 14.9. The summed E-state index contributed by atoms with van der Waals surface area (Å²) < 4.78 is 5.70. The molecule has 2 heterocycles. The number of aliphatic hydroxyl groups is 4. The van der Waals surface area contributed by atoms with Crippen molar-refractivity contribution in [3.8, 4) is 0 Å². The summed E-state index contributed by atoms with van der Waals surface area (Å²) in [5.74, 6) is 0. The average molecular weight is 546 g/mol. The quantitative estimate of drug-likeness (QED) is 0.314. The van der Waals surface area contributed by atoms with E-state index in [1.54, 1.807) is 4.90 Å². The Morgan fingerprint density at radius 1 is 0.846 bits per heavy atom. The molecule has 0 radical (unpaired) electrons. The Kier molecular flexibility index (Phi) is 9.15. The zero-order valence-corrected chi connectivity index (χ0v) is 23.2. The van der Waals surface area contributed by atoms with Crippen molar-refractivity contribution in [2.45, 2.75) is 82.3 Å². The molecule has 1 aromatic rings. The highest BCUT2D eigenvalue weighted by Gasteiger charge is 2.52. The van der Waals surface area contributed by atoms with E-state index in [4.69, 9.17) is 4.74 Å². The number of likely N-dealkylation sites (tertiary alicyclic amines) is 2. The largest absolute Gasteiger partial charge is 0.445 e. The first-order valence-electron chi connectivity index (χ1n) is 14.9. The fourth-order valence-corrected chi connectivity index (χ4v) is 6.74. The Morgan fingerprint density at radius 3 is 1.74 bits per heavy atom. The van der Waals surface area contributed by atoms with Crippen molar-refractivity contribution >= 4 is 6.09 Å². The fraction of sp³-hybridized carbons (Fsp3) is 0.767. The van der Waals surface area contributed by atoms with Gasteiger partial charge < -0.3 is 35.0 Å². The van der Waals surface area contributed by atoms with Crippen LogP contribution >= 0.6 is 0 Å². The summed E-state index contributed by atoms with van der Waals surface area (Å²) in [4.78, 5) is 19.5. The standard InChI is InChI=1S/C30H47N3O6/c34-20-24(6-14-31-16-12-29(8-9-29)26(36)18-31)33(28(38)39-22-23-4-2-1-3-5-23)25(21-35)7-15-32-17-13-30(10-11-30)27(37)19-32/h1-5,24-27,34-37H,6-22H2. The van der Waals surface area contributed by atoms with E-state index < -0.39 is 18.2 Å². The van der Waals surface area contributed by atoms with Gasteiger partial charge in [-0.1, -0.05) is 30.3 Å². The maximum Gasteiger partial charge on any atom is 0.410 e. The Hall–Kier alpha value is -1.75. The van der Waals surface area contributed by atoms with E-state index in [-0.39, 0.29) is 42.9 Å². The fourth-order valence-electron chi connectivity index (χ4n) is 6.74. The number of hydrogen-bond donors (Lipinski definition) is 4. The number of rotatable bonds is 12. The van der Waals surface area contributed by atoms with E-state index >= 15 is 0 Å². The van der Waals surface area contributed by atoms with Crippen LogP contribution in [0.3, 0.4) is 0 Å². The molecule has 4 atom stereocenters. The number of benzene rings is 1. The minimum atomic E-state index is -0.539. The summed E-state index contributed by atoms with van der Waals surface area (Å²) in [5, 5.41) is 42.1. The van der Waals surface area contributed by atoms with Crippen LogP contribution in [0.2, 0.25) is 0 Å². The van der Waals surface area contributed by atoms with E-state index in [2.05, 4.69) is 9.80 Å². The van der Waals surface area contributed by atoms with E-state index in [0.717, 1.165) is 57.2 Å². The number of aliphatic hydroxyl groups excluding tert-OH is 4. The smallest absolute Gasteiger partial charge is 0.410 e. The van der Waals surface area contributed by atoms with Crippen molar-refractivity contribution in [2.75, 3.05) is 52.5 Å². The average Bonchev–Trinajstić information content (AvgIpc) is 3.89. The Labute approximate surface area is 232 Å². The van der Waals surface area contributed by atoms with Gasteiger partial charge in [-0.05, 0) is 80.8 Å². The second-order valence-electron chi connectivity index (χ2n) is 12.6. The van der Waals surface area contributed by atoms with Gasteiger partial charge in [-0.3, -0.25) is 4.90 Å². The van der Waals surface area contributed by atoms with Gasteiger partial charge in [0, 0.05) is 26.2 Å². The van der Waals surface area contributed by atoms with Gasteiger partial charge in [-0.15, -0.1) is 0 Å². The van der Waals surface area contributed by atoms with Gasteiger partial charge in [-0.25, -0.2) is 4.79 Å². The summed E-state index contributed by atoms with van der Waals surface area (Å²) >= 11 is 0. The third-order valence-corrected chi connectivity index (χ3v) is 10.1. The molecule has 2 aliphatic carbocycles. The molecule has 4 aliphatic rings. The SMILES string of the molecule is O=C(OCc1ccccc1)N(C(CO)CCN1CCC2(CC2)C(O)C1)C(CO)CCN1CCC2(CC2)C(O)C1. The second kappa shape index (κ2) is 12.4. The van der Waals surface area contributed by atoms with Gasteiger partial charge in [0.25, 0.3) is 0 Å². The molecule has 0 bridgehead atoms. The zero-order valence-electron chi connectivity index (χ0n) is 23.2. The van der Waals surface area contributed by atoms with Crippen LogP contribution in [-0.4, -0.2) is 118 Å². The number of hydrogen-bond acceptors (Lipinski definition) is 8. The summed E-state index contributed by atoms with van der Waals surface area (Å²) in [6.45, 7) is 4.03. The number of piperidine rings is 2. The maximum absolute atomic E-state index is 13.5. The van der Waals surface area contributed by atoms with Crippen molar-refractivity contribution in [1.29, 1.82) is 0 Å². The molecule has 2 spiro atoms. The van der Waals surface area contributed by atoms with Crippen LogP contribution in [0.15, 0.2) is 30.3 Å². The Bertz CT molecular complexity index is 892. The minimum Gasteiger partial charge on any atom is -0.445 e. The van der Waals surface area contributed by atoms with Crippen molar-refractivity contribution in [2.24, 2.45) is 10.8 Å². The van der Waals surface area contributed by atoms with Crippen molar-refractivity contribution in [1.82, 2.24) is 14.7 Å². The lowest BCUT2D eigenvalue weighted by atomic mass is 9.90. The van der Waals surface area contributed by atoms with Crippen LogP contribution in [-0.2, 0) is 11.3 Å². The topological polar surface area (TPSA) is 117 Å². The lowest BCUT2D eigenvalue weighted by Crippen LogP contribution is -2.54. The number of β-amino-alcohol motifs (C(OH)–C–C–N with tert-alkyl or cyclic N) is 2. The first kappa shape index (κ1) is 28.8. The van der Waals surface area contributed by atoms with Crippen molar-refractivity contribution in [3.05, 3.63) is 35.9 Å². The molecule has 2 aliphatic heterocycles. The summed E-state index contributed by atoms with van der Waals surface area (Å²) in [7, 11) is 0. The zero-order chi connectivity index (χ0) is 27.5. The molecular formula is C30H47N3O6. The molecule has 4 N–H and O–H groups in total. The third kappa shape index (κ3) is 6.77. The molecular weight excluding hydrogens is 498 g/mol. The van der Waals surface area contributed by atoms with E-state index in [0.29, 0.717) is 39.0 Å². The predicted molar refractivity (Wildman–Crippen MR) is 147 cm³/mol. The van der Waals surface area contributed by atoms with Gasteiger partial charge in [0.1, 0.15) is 6.61 Å². The molecule has 4 unspecified atom stereocenters. The number of carbonyl (C=O) groups excluding carboxylic acids is 1. The molecule has 218 valence electrons. The van der Waals surface area contributed by atoms with Gasteiger partial charge in [0.2, 0.25) is 0 Å². The van der Waals surface area contributed by atoms with Gasteiger partial charge in [0.15, 0.2) is 0 Å². The van der Waals surface area contributed by atoms with E-state index in [1.165, 1.54) is 0 Å². The lowest BCUT2D eigenvalue weighted by Gasteiger charge is -2.40. The van der Waals surface area contributed by atoms with Crippen LogP contribution in [0.4, 0.5) is 4.79 Å². The van der Waals surface area contributed by atoms with Crippen LogP contribution in [0.1, 0.15) is 56.9 Å². The molecule has 0 aromatic heterocycles. The molecule has 9 nitrogen and oxygen atoms in total. The van der Waals surface area contributed by atoms with Crippen molar-refractivity contribution in [3.63, 3.8) is 0 Å². The van der Waals surface area contributed by atoms with Crippen LogP contribution in [0, 0.1) is 10.8 Å². The number of carbonyl (C=O) groups is 1. The Balaban J connectivity index is 1.22. The first-order chi connectivity index (χ1) is 18.9. The van der Waals surface area contributed by atoms with Crippen LogP contribution < -0.4 is 0 Å². The Morgan fingerprint density at radius 2 is 1.33 bits per heavy atom. The van der Waals surface area contributed by atoms with Crippen LogP contribution in [0.25, 0.3) is 0 Å². The maximum atomic E-state index is 13.5. The summed E-state index contributed by atoms with van der Waals surface area (Å²) in [6.07, 6.45) is 6.29. The summed E-state index contributed by atoms with van der Waals surface area (Å²) in [6, 6.07) is 8.46. The van der Waals surface area contributed by atoms with Crippen LogP contribution in [0.5, 0.6) is 0 Å². The molecule has 2 saturated heterocycles. The molecule has 9 heteroatoms. The molecule has 1 aromatic carbocycles. The van der Waals surface area contributed by atoms with Gasteiger partial charge in [-0.2, -0.15) is 0 Å². The highest BCUT2D eigenvalue weighted by Crippen LogP contribution is 2.54. The lowest BCUT2D eigenvalue weighted by molar-refractivity contribution is -0.0104. The number of ether oxygens (including phenoxy) is 1. The molecule has 1 amide bonds. The molecule has 2 saturated carbocycles. The highest BCUT2D eigenvalue weighted by atomic mass is 16.6. The molecule has 5 rings (SSSR count). The molecule has 4 fully saturated rings. The second-order valence-corrected chi connectivity index (χ2v) is 12.6. The number of nitrogens with zero attached hydrogens (tertiary/aromatic N) is 3. The van der Waals surface area contributed by atoms with Gasteiger partial charge >= 0.3 is 6.09 Å². The van der Waals surface area contributed by atoms with E-state index in [9.17, 15) is 25.2 Å². The monoisotopic (exact) mass is 545 g/mol. The normalized spacial score (nSPS) is 27.3. The van der Waals surface area contributed by atoms with Gasteiger partial charge in [0.05, 0.1) is 37.5 Å². The molecule has 39 heavy (non-hydrogen) atoms. The summed E-state index contributed by atoms with van der Waals surface area (Å²) in [5.41, 5.74) is 1.13.